The van der Waals surface area contributed by atoms with E-state index in [-0.39, 0.29) is 5.82 Å². The zero-order valence-corrected chi connectivity index (χ0v) is 15.9. The summed E-state index contributed by atoms with van der Waals surface area (Å²) >= 11 is 0. The SMILES string of the molecule is Cc1ccc(C#Cc2ccc(CCc3ccc(F)cc3)c3ccccc23)cc1. The van der Waals surface area contributed by atoms with Crippen molar-refractivity contribution < 1.29 is 4.39 Å². The molecule has 0 heterocycles. The third kappa shape index (κ3) is 4.13. The topological polar surface area (TPSA) is 0 Å². The second-order valence-electron chi connectivity index (χ2n) is 7.06. The largest absolute Gasteiger partial charge is 0.207 e. The molecule has 4 aromatic carbocycles. The summed E-state index contributed by atoms with van der Waals surface area (Å²) < 4.78 is 13.1. The highest BCUT2D eigenvalue weighted by Crippen LogP contribution is 2.24. The monoisotopic (exact) mass is 364 g/mol. The molecule has 0 unspecified atom stereocenters. The second-order valence-corrected chi connectivity index (χ2v) is 7.06. The summed E-state index contributed by atoms with van der Waals surface area (Å²) in [5.74, 6) is 6.43. The van der Waals surface area contributed by atoms with Crippen LogP contribution in [-0.2, 0) is 12.8 Å². The van der Waals surface area contributed by atoms with Gasteiger partial charge in [0.05, 0.1) is 0 Å². The van der Waals surface area contributed by atoms with Crippen molar-refractivity contribution in [1.82, 2.24) is 0 Å². The van der Waals surface area contributed by atoms with Crippen molar-refractivity contribution in [1.29, 1.82) is 0 Å². The molecule has 0 saturated carbocycles. The molecule has 0 N–H and O–H groups in total. The minimum atomic E-state index is -0.189. The van der Waals surface area contributed by atoms with Gasteiger partial charge in [-0.05, 0) is 72.0 Å². The molecular formula is C27H21F. The van der Waals surface area contributed by atoms with Gasteiger partial charge in [0.25, 0.3) is 0 Å². The molecule has 0 saturated heterocycles. The summed E-state index contributed by atoms with van der Waals surface area (Å²) in [5, 5.41) is 2.42. The summed E-state index contributed by atoms with van der Waals surface area (Å²) in [6.07, 6.45) is 1.80. The van der Waals surface area contributed by atoms with Crippen LogP contribution in [0.25, 0.3) is 10.8 Å². The lowest BCUT2D eigenvalue weighted by atomic mass is 9.95. The van der Waals surface area contributed by atoms with E-state index in [1.807, 2.05) is 12.1 Å². The highest BCUT2D eigenvalue weighted by Gasteiger charge is 2.05. The molecule has 4 aromatic rings. The van der Waals surface area contributed by atoms with Gasteiger partial charge in [-0.15, -0.1) is 0 Å². The van der Waals surface area contributed by atoms with Crippen molar-refractivity contribution in [3.63, 3.8) is 0 Å². The number of hydrogen-bond donors (Lipinski definition) is 0. The Kier molecular flexibility index (Phi) is 5.22. The summed E-state index contributed by atoms with van der Waals surface area (Å²) in [4.78, 5) is 0. The molecule has 0 amide bonds. The first-order valence-electron chi connectivity index (χ1n) is 9.53. The third-order valence-electron chi connectivity index (χ3n) is 5.00. The van der Waals surface area contributed by atoms with E-state index in [0.29, 0.717) is 0 Å². The highest BCUT2D eigenvalue weighted by atomic mass is 19.1. The fourth-order valence-corrected chi connectivity index (χ4v) is 3.39. The van der Waals surface area contributed by atoms with Crippen molar-refractivity contribution in [2.45, 2.75) is 19.8 Å². The second kappa shape index (κ2) is 8.11. The molecule has 28 heavy (non-hydrogen) atoms. The number of rotatable bonds is 3. The fraction of sp³-hybridized carbons (Fsp3) is 0.111. The molecule has 0 nitrogen and oxygen atoms in total. The Balaban J connectivity index is 1.63. The van der Waals surface area contributed by atoms with E-state index in [1.165, 1.54) is 34.0 Å². The Hall–Kier alpha value is -3.37. The standard InChI is InChI=1S/C27H21F/c1-20-6-8-21(9-7-20)10-14-23-16-17-24(27-5-3-2-4-26(23)27)15-11-22-12-18-25(28)19-13-22/h2-9,12-13,16-19H,11,15H2,1H3. The smallest absolute Gasteiger partial charge is 0.123 e. The Morgan fingerprint density at radius 3 is 2.14 bits per heavy atom. The Morgan fingerprint density at radius 2 is 1.39 bits per heavy atom. The van der Waals surface area contributed by atoms with E-state index in [2.05, 4.69) is 79.4 Å². The molecule has 0 atom stereocenters. The lowest BCUT2D eigenvalue weighted by Gasteiger charge is -2.09. The highest BCUT2D eigenvalue weighted by molar-refractivity contribution is 5.91. The molecule has 136 valence electrons. The van der Waals surface area contributed by atoms with Gasteiger partial charge in [0, 0.05) is 11.1 Å². The van der Waals surface area contributed by atoms with E-state index in [4.69, 9.17) is 0 Å². The molecule has 0 radical (unpaired) electrons. The van der Waals surface area contributed by atoms with Crippen LogP contribution in [0.2, 0.25) is 0 Å². The zero-order valence-electron chi connectivity index (χ0n) is 15.9. The first-order valence-corrected chi connectivity index (χ1v) is 9.53. The van der Waals surface area contributed by atoms with Crippen LogP contribution in [-0.4, -0.2) is 0 Å². The fourth-order valence-electron chi connectivity index (χ4n) is 3.39. The molecule has 4 rings (SSSR count). The normalized spacial score (nSPS) is 10.5. The van der Waals surface area contributed by atoms with E-state index in [9.17, 15) is 4.39 Å². The summed E-state index contributed by atoms with van der Waals surface area (Å²) in [7, 11) is 0. The number of aryl methyl sites for hydroxylation is 3. The van der Waals surface area contributed by atoms with Crippen LogP contribution in [0.5, 0.6) is 0 Å². The average Bonchev–Trinajstić information content (AvgIpc) is 2.73. The molecule has 1 heteroatoms. The first-order chi connectivity index (χ1) is 13.7. The minimum absolute atomic E-state index is 0.189. The van der Waals surface area contributed by atoms with Crippen LogP contribution in [0.3, 0.4) is 0 Å². The Morgan fingerprint density at radius 1 is 0.679 bits per heavy atom. The molecular weight excluding hydrogens is 343 g/mol. The number of fused-ring (bicyclic) bond motifs is 1. The van der Waals surface area contributed by atoms with Crippen molar-refractivity contribution in [3.8, 4) is 11.8 Å². The van der Waals surface area contributed by atoms with Gasteiger partial charge >= 0.3 is 0 Å². The Labute approximate surface area is 165 Å². The predicted octanol–water partition coefficient (Wildman–Crippen LogP) is 6.47. The van der Waals surface area contributed by atoms with Gasteiger partial charge in [0.15, 0.2) is 0 Å². The minimum Gasteiger partial charge on any atom is -0.207 e. The van der Waals surface area contributed by atoms with Crippen LogP contribution in [0.4, 0.5) is 4.39 Å². The Bertz CT molecular complexity index is 1160. The van der Waals surface area contributed by atoms with Crippen molar-refractivity contribution in [2.24, 2.45) is 0 Å². The van der Waals surface area contributed by atoms with Gasteiger partial charge in [-0.2, -0.15) is 0 Å². The zero-order chi connectivity index (χ0) is 19.3. The summed E-state index contributed by atoms with van der Waals surface area (Å²) in [5.41, 5.74) is 5.74. The van der Waals surface area contributed by atoms with E-state index in [0.717, 1.165) is 29.5 Å². The van der Waals surface area contributed by atoms with Crippen LogP contribution in [0.15, 0.2) is 84.9 Å². The van der Waals surface area contributed by atoms with Gasteiger partial charge in [0.2, 0.25) is 0 Å². The number of hydrogen-bond acceptors (Lipinski definition) is 0. The first kappa shape index (κ1) is 18.0. The molecule has 0 aromatic heterocycles. The van der Waals surface area contributed by atoms with E-state index in [1.54, 1.807) is 0 Å². The molecule has 0 aliphatic carbocycles. The quantitative estimate of drug-likeness (QED) is 0.365. The van der Waals surface area contributed by atoms with Crippen LogP contribution in [0, 0.1) is 24.6 Å². The molecule has 0 aliphatic rings. The maximum atomic E-state index is 13.1. The summed E-state index contributed by atoms with van der Waals surface area (Å²) in [6.45, 7) is 2.08. The van der Waals surface area contributed by atoms with Crippen molar-refractivity contribution in [3.05, 3.63) is 119 Å². The molecule has 0 aliphatic heterocycles. The van der Waals surface area contributed by atoms with Gasteiger partial charge in [-0.25, -0.2) is 4.39 Å². The maximum Gasteiger partial charge on any atom is 0.123 e. The van der Waals surface area contributed by atoms with E-state index >= 15 is 0 Å². The van der Waals surface area contributed by atoms with E-state index < -0.39 is 0 Å². The van der Waals surface area contributed by atoms with Crippen LogP contribution in [0.1, 0.15) is 27.8 Å². The lowest BCUT2D eigenvalue weighted by Crippen LogP contribution is -1.94. The summed E-state index contributed by atoms with van der Waals surface area (Å²) in [6, 6.07) is 27.8. The van der Waals surface area contributed by atoms with Crippen LogP contribution < -0.4 is 0 Å². The third-order valence-corrected chi connectivity index (χ3v) is 5.00. The lowest BCUT2D eigenvalue weighted by molar-refractivity contribution is 0.627. The van der Waals surface area contributed by atoms with Crippen molar-refractivity contribution in [2.75, 3.05) is 0 Å². The predicted molar refractivity (Wildman–Crippen MR) is 115 cm³/mol. The van der Waals surface area contributed by atoms with Crippen LogP contribution >= 0.6 is 0 Å². The van der Waals surface area contributed by atoms with Crippen molar-refractivity contribution >= 4 is 10.8 Å². The average molecular weight is 364 g/mol. The van der Waals surface area contributed by atoms with Gasteiger partial charge in [0.1, 0.15) is 5.82 Å². The molecule has 0 bridgehead atoms. The number of benzene rings is 4. The van der Waals surface area contributed by atoms with Gasteiger partial charge in [-0.3, -0.25) is 0 Å². The maximum absolute atomic E-state index is 13.1. The molecule has 0 spiro atoms. The molecule has 0 fully saturated rings. The van der Waals surface area contributed by atoms with Gasteiger partial charge < -0.3 is 0 Å². The number of halogens is 1. The van der Waals surface area contributed by atoms with Gasteiger partial charge in [-0.1, -0.05) is 72.0 Å².